The summed E-state index contributed by atoms with van der Waals surface area (Å²) < 4.78 is 6.97. The Morgan fingerprint density at radius 1 is 1.41 bits per heavy atom. The highest BCUT2D eigenvalue weighted by molar-refractivity contribution is 6.05. The van der Waals surface area contributed by atoms with E-state index in [2.05, 4.69) is 5.10 Å². The number of amides is 1. The van der Waals surface area contributed by atoms with Gasteiger partial charge in [0, 0.05) is 19.0 Å². The second-order valence-electron chi connectivity index (χ2n) is 5.31. The largest absolute Gasteiger partial charge is 0.481 e. The molecule has 1 N–H and O–H groups in total. The summed E-state index contributed by atoms with van der Waals surface area (Å²) >= 11 is 0. The molecular formula is C15H17N3O4. The average molecular weight is 303 g/mol. The number of carboxylic acids is 1. The molecule has 1 fully saturated rings. The number of carboxylic acid groups (broad SMARTS) is 1. The number of nitrogens with zero attached hydrogens (tertiary/aromatic N) is 3. The van der Waals surface area contributed by atoms with Crippen LogP contribution in [0.5, 0.6) is 0 Å². The molecule has 3 rings (SSSR count). The van der Waals surface area contributed by atoms with E-state index in [0.29, 0.717) is 18.8 Å². The van der Waals surface area contributed by atoms with E-state index in [1.807, 2.05) is 24.3 Å². The van der Waals surface area contributed by atoms with Crippen LogP contribution in [-0.2, 0) is 16.6 Å². The number of carbonyl (C=O) groups is 2. The normalized spacial score (nSPS) is 18.6. The van der Waals surface area contributed by atoms with E-state index in [4.69, 9.17) is 9.84 Å². The number of hydrogen-bond donors (Lipinski definition) is 1. The van der Waals surface area contributed by atoms with Crippen LogP contribution < -0.4 is 0 Å². The van der Waals surface area contributed by atoms with Crippen molar-refractivity contribution in [2.24, 2.45) is 7.05 Å². The molecule has 1 amide bonds. The van der Waals surface area contributed by atoms with Gasteiger partial charge in [0.05, 0.1) is 31.2 Å². The highest BCUT2D eigenvalue weighted by atomic mass is 16.5. The molecule has 0 unspecified atom stereocenters. The van der Waals surface area contributed by atoms with Crippen molar-refractivity contribution in [2.75, 3.05) is 19.8 Å². The number of benzene rings is 1. The monoisotopic (exact) mass is 303 g/mol. The van der Waals surface area contributed by atoms with Crippen molar-refractivity contribution in [3.63, 3.8) is 0 Å². The quantitative estimate of drug-likeness (QED) is 0.910. The van der Waals surface area contributed by atoms with E-state index in [0.717, 1.165) is 10.9 Å². The number of aryl methyl sites for hydroxylation is 1. The molecule has 0 radical (unpaired) electrons. The van der Waals surface area contributed by atoms with Gasteiger partial charge in [-0.3, -0.25) is 14.3 Å². The van der Waals surface area contributed by atoms with Crippen molar-refractivity contribution in [2.45, 2.75) is 12.5 Å². The number of ether oxygens (including phenoxy) is 1. The van der Waals surface area contributed by atoms with Gasteiger partial charge in [-0.2, -0.15) is 5.10 Å². The first-order valence-corrected chi connectivity index (χ1v) is 7.10. The van der Waals surface area contributed by atoms with Crippen molar-refractivity contribution in [1.82, 2.24) is 14.7 Å². The molecule has 22 heavy (non-hydrogen) atoms. The highest BCUT2D eigenvalue weighted by Crippen LogP contribution is 2.21. The summed E-state index contributed by atoms with van der Waals surface area (Å²) in [5, 5.41) is 14.1. The Morgan fingerprint density at radius 2 is 2.18 bits per heavy atom. The van der Waals surface area contributed by atoms with E-state index in [1.165, 1.54) is 0 Å². The molecule has 1 aromatic carbocycles. The van der Waals surface area contributed by atoms with Gasteiger partial charge in [-0.05, 0) is 6.07 Å². The minimum Gasteiger partial charge on any atom is -0.481 e. The molecule has 1 aromatic heterocycles. The summed E-state index contributed by atoms with van der Waals surface area (Å²) in [7, 11) is 1.78. The van der Waals surface area contributed by atoms with Crippen molar-refractivity contribution in [1.29, 1.82) is 0 Å². The summed E-state index contributed by atoms with van der Waals surface area (Å²) in [5.74, 6) is -1.19. The predicted octanol–water partition coefficient (Wildman–Crippen LogP) is 0.889. The Bertz CT molecular complexity index is 725. The smallest absolute Gasteiger partial charge is 0.305 e. The highest BCUT2D eigenvalue weighted by Gasteiger charge is 2.32. The number of fused-ring (bicyclic) bond motifs is 1. The van der Waals surface area contributed by atoms with E-state index in [1.54, 1.807) is 16.6 Å². The van der Waals surface area contributed by atoms with Gasteiger partial charge in [0.15, 0.2) is 5.69 Å². The number of para-hydroxylation sites is 1. The number of aliphatic carboxylic acids is 1. The van der Waals surface area contributed by atoms with Crippen LogP contribution in [-0.4, -0.2) is 57.5 Å². The number of morpholine rings is 1. The van der Waals surface area contributed by atoms with Crippen LogP contribution in [0, 0.1) is 0 Å². The third-order valence-corrected chi connectivity index (χ3v) is 3.86. The molecule has 1 atom stereocenters. The average Bonchev–Trinajstić information content (AvgIpc) is 2.84. The molecule has 2 aromatic rings. The van der Waals surface area contributed by atoms with Gasteiger partial charge < -0.3 is 14.7 Å². The van der Waals surface area contributed by atoms with Crippen molar-refractivity contribution in [3.05, 3.63) is 30.0 Å². The molecule has 0 aliphatic carbocycles. The first kappa shape index (κ1) is 14.5. The van der Waals surface area contributed by atoms with Crippen LogP contribution >= 0.6 is 0 Å². The van der Waals surface area contributed by atoms with Crippen molar-refractivity contribution >= 4 is 22.8 Å². The summed E-state index contributed by atoms with van der Waals surface area (Å²) in [6.07, 6.45) is -0.128. The van der Waals surface area contributed by atoms with E-state index < -0.39 is 12.0 Å². The Hall–Kier alpha value is -2.41. The van der Waals surface area contributed by atoms with E-state index in [9.17, 15) is 9.59 Å². The van der Waals surface area contributed by atoms with Crippen LogP contribution in [0.15, 0.2) is 24.3 Å². The minimum absolute atomic E-state index is 0.128. The summed E-state index contributed by atoms with van der Waals surface area (Å²) in [5.41, 5.74) is 1.23. The molecule has 7 heteroatoms. The minimum atomic E-state index is -0.945. The van der Waals surface area contributed by atoms with Gasteiger partial charge in [0.2, 0.25) is 0 Å². The molecule has 1 aliphatic rings. The summed E-state index contributed by atoms with van der Waals surface area (Å²) in [6, 6.07) is 7.03. The lowest BCUT2D eigenvalue weighted by Gasteiger charge is -2.34. The molecule has 2 heterocycles. The SMILES string of the molecule is Cn1nc(C(=O)N2CCOC[C@H]2CC(=O)O)c2ccccc21. The first-order valence-electron chi connectivity index (χ1n) is 7.10. The van der Waals surface area contributed by atoms with E-state index >= 15 is 0 Å². The standard InChI is InChI=1S/C15H17N3O4/c1-17-12-5-3-2-4-11(12)14(16-17)15(21)18-6-7-22-9-10(18)8-13(19)20/h2-5,10H,6-9H2,1H3,(H,19,20)/t10-/m1/s1. The summed E-state index contributed by atoms with van der Waals surface area (Å²) in [4.78, 5) is 25.4. The molecule has 0 bridgehead atoms. The maximum Gasteiger partial charge on any atom is 0.305 e. The van der Waals surface area contributed by atoms with Crippen LogP contribution in [0.2, 0.25) is 0 Å². The maximum atomic E-state index is 12.8. The van der Waals surface area contributed by atoms with Gasteiger partial charge >= 0.3 is 5.97 Å². The Morgan fingerprint density at radius 3 is 2.95 bits per heavy atom. The fourth-order valence-corrected chi connectivity index (χ4v) is 2.80. The Kier molecular flexibility index (Phi) is 3.81. The van der Waals surface area contributed by atoms with Gasteiger partial charge in [-0.15, -0.1) is 0 Å². The molecule has 0 saturated carbocycles. The van der Waals surface area contributed by atoms with Gasteiger partial charge in [-0.1, -0.05) is 18.2 Å². The zero-order valence-electron chi connectivity index (χ0n) is 12.2. The number of aromatic nitrogens is 2. The van der Waals surface area contributed by atoms with Gasteiger partial charge in [0.1, 0.15) is 0 Å². The fraction of sp³-hybridized carbons (Fsp3) is 0.400. The van der Waals surface area contributed by atoms with Gasteiger partial charge in [0.25, 0.3) is 5.91 Å². The van der Waals surface area contributed by atoms with Crippen LogP contribution in [0.1, 0.15) is 16.9 Å². The lowest BCUT2D eigenvalue weighted by atomic mass is 10.1. The lowest BCUT2D eigenvalue weighted by Crippen LogP contribution is -2.49. The molecule has 1 aliphatic heterocycles. The maximum absolute atomic E-state index is 12.8. The molecule has 116 valence electrons. The fourth-order valence-electron chi connectivity index (χ4n) is 2.80. The van der Waals surface area contributed by atoms with Crippen LogP contribution in [0.4, 0.5) is 0 Å². The number of rotatable bonds is 3. The van der Waals surface area contributed by atoms with E-state index in [-0.39, 0.29) is 18.9 Å². The summed E-state index contributed by atoms with van der Waals surface area (Å²) in [6.45, 7) is 1.02. The topological polar surface area (TPSA) is 84.7 Å². The number of hydrogen-bond acceptors (Lipinski definition) is 4. The second kappa shape index (κ2) is 5.76. The molecule has 1 saturated heterocycles. The van der Waals surface area contributed by atoms with Crippen molar-refractivity contribution < 1.29 is 19.4 Å². The number of carbonyl (C=O) groups excluding carboxylic acids is 1. The molecular weight excluding hydrogens is 286 g/mol. The van der Waals surface area contributed by atoms with Crippen molar-refractivity contribution in [3.8, 4) is 0 Å². The third-order valence-electron chi connectivity index (χ3n) is 3.86. The zero-order chi connectivity index (χ0) is 15.7. The lowest BCUT2D eigenvalue weighted by molar-refractivity contribution is -0.139. The second-order valence-corrected chi connectivity index (χ2v) is 5.31. The Balaban J connectivity index is 1.95. The first-order chi connectivity index (χ1) is 10.6. The molecule has 7 nitrogen and oxygen atoms in total. The van der Waals surface area contributed by atoms with Crippen LogP contribution in [0.3, 0.4) is 0 Å². The zero-order valence-corrected chi connectivity index (χ0v) is 12.2. The Labute approximate surface area is 127 Å². The van der Waals surface area contributed by atoms with Crippen LogP contribution in [0.25, 0.3) is 10.9 Å². The van der Waals surface area contributed by atoms with Gasteiger partial charge in [-0.25, -0.2) is 0 Å². The molecule has 0 spiro atoms. The predicted molar refractivity (Wildman–Crippen MR) is 78.6 cm³/mol. The third kappa shape index (κ3) is 2.55.